The Bertz CT molecular complexity index is 861. The molecule has 2 aromatic heterocycles. The minimum Gasteiger partial charge on any atom is -0.473 e. The maximum Gasteiger partial charge on any atom is 0.395 e. The number of esters is 1. The summed E-state index contributed by atoms with van der Waals surface area (Å²) in [6.45, 7) is 5.19. The van der Waals surface area contributed by atoms with Crippen molar-refractivity contribution in [3.05, 3.63) is 35.1 Å². The number of alkyl halides is 3. The molecular weight excluding hydrogens is 387 g/mol. The Morgan fingerprint density at radius 2 is 1.96 bits per heavy atom. The van der Waals surface area contributed by atoms with Crippen LogP contribution >= 0.6 is 11.6 Å². The average molecular weight is 404 g/mol. The summed E-state index contributed by atoms with van der Waals surface area (Å²) in [6, 6.07) is 4.38. The third-order valence-electron chi connectivity index (χ3n) is 3.68. The molecule has 2 heterocycles. The van der Waals surface area contributed by atoms with E-state index in [0.717, 1.165) is 0 Å². The van der Waals surface area contributed by atoms with Gasteiger partial charge in [0.1, 0.15) is 16.9 Å². The lowest BCUT2D eigenvalue weighted by molar-refractivity contribution is -0.153. The summed E-state index contributed by atoms with van der Waals surface area (Å²) in [5.74, 6) is -1.72. The Morgan fingerprint density at radius 3 is 2.52 bits per heavy atom. The van der Waals surface area contributed by atoms with Crippen molar-refractivity contribution in [1.29, 1.82) is 0 Å². The fraction of sp³-hybridized carbons (Fsp3) is 0.471. The summed E-state index contributed by atoms with van der Waals surface area (Å²) in [5.41, 5.74) is -0.574. The van der Waals surface area contributed by atoms with Gasteiger partial charge < -0.3 is 9.47 Å². The van der Waals surface area contributed by atoms with Crippen molar-refractivity contribution < 1.29 is 27.4 Å². The third-order valence-corrected chi connectivity index (χ3v) is 3.96. The second-order valence-corrected chi connectivity index (χ2v) is 7.51. The van der Waals surface area contributed by atoms with Crippen LogP contribution in [0.2, 0.25) is 5.15 Å². The first-order chi connectivity index (χ1) is 12.4. The van der Waals surface area contributed by atoms with Gasteiger partial charge in [-0.2, -0.15) is 13.2 Å². The van der Waals surface area contributed by atoms with E-state index in [9.17, 15) is 18.0 Å². The van der Waals surface area contributed by atoms with Gasteiger partial charge in [0.25, 0.3) is 0 Å². The zero-order chi connectivity index (χ0) is 20.0. The number of carbonyl (C=O) groups excluding carboxylic acids is 1. The summed E-state index contributed by atoms with van der Waals surface area (Å²) in [7, 11) is 0. The average Bonchev–Trinajstić information content (AvgIpc) is 3.13. The fourth-order valence-corrected chi connectivity index (χ4v) is 2.56. The van der Waals surface area contributed by atoms with Gasteiger partial charge in [-0.1, -0.05) is 11.6 Å². The predicted molar refractivity (Wildman–Crippen MR) is 90.1 cm³/mol. The van der Waals surface area contributed by atoms with Gasteiger partial charge in [-0.3, -0.25) is 0 Å². The molecule has 27 heavy (non-hydrogen) atoms. The highest BCUT2D eigenvalue weighted by molar-refractivity contribution is 6.32. The van der Waals surface area contributed by atoms with Crippen molar-refractivity contribution in [2.75, 3.05) is 0 Å². The monoisotopic (exact) mass is 403 g/mol. The molecule has 0 radical (unpaired) electrons. The van der Waals surface area contributed by atoms with Crippen LogP contribution in [0.25, 0.3) is 5.82 Å². The molecule has 0 aliphatic heterocycles. The van der Waals surface area contributed by atoms with Crippen LogP contribution in [0, 0.1) is 5.92 Å². The van der Waals surface area contributed by atoms with Crippen LogP contribution in [-0.4, -0.2) is 38.6 Å². The summed E-state index contributed by atoms with van der Waals surface area (Å²) < 4.78 is 49.4. The molecule has 2 aromatic rings. The number of ether oxygens (including phenoxy) is 2. The van der Waals surface area contributed by atoms with Crippen molar-refractivity contribution in [1.82, 2.24) is 14.8 Å². The smallest absolute Gasteiger partial charge is 0.395 e. The van der Waals surface area contributed by atoms with Gasteiger partial charge in [0.05, 0.1) is 11.5 Å². The highest BCUT2D eigenvalue weighted by atomic mass is 35.5. The fourth-order valence-electron chi connectivity index (χ4n) is 2.34. The first-order valence-electron chi connectivity index (χ1n) is 8.13. The second kappa shape index (κ2) is 6.70. The summed E-state index contributed by atoms with van der Waals surface area (Å²) >= 11 is 6.06. The van der Waals surface area contributed by atoms with Crippen molar-refractivity contribution in [3.63, 3.8) is 0 Å². The van der Waals surface area contributed by atoms with E-state index in [4.69, 9.17) is 21.1 Å². The molecule has 0 unspecified atom stereocenters. The Balaban J connectivity index is 1.70. The Hall–Kier alpha value is -2.29. The largest absolute Gasteiger partial charge is 0.473 e. The lowest BCUT2D eigenvalue weighted by Gasteiger charge is -2.19. The normalized spacial score (nSPS) is 19.7. The minimum atomic E-state index is -4.26. The van der Waals surface area contributed by atoms with Gasteiger partial charge in [-0.05, 0) is 39.3 Å². The SMILES string of the molecule is CC(C)(C)OC(=O)c1ccc(-n2ccc(O[C@@H]3C[C@@H]3C(F)(F)F)n2)nc1Cl. The quantitative estimate of drug-likeness (QED) is 0.565. The van der Waals surface area contributed by atoms with Crippen molar-refractivity contribution in [2.45, 2.75) is 45.1 Å². The van der Waals surface area contributed by atoms with Gasteiger partial charge >= 0.3 is 12.1 Å². The van der Waals surface area contributed by atoms with Crippen LogP contribution in [0.1, 0.15) is 37.6 Å². The number of carbonyl (C=O) groups is 1. The Labute approximate surface area is 158 Å². The molecule has 0 N–H and O–H groups in total. The van der Waals surface area contributed by atoms with Gasteiger partial charge in [0, 0.05) is 12.3 Å². The van der Waals surface area contributed by atoms with Crippen LogP contribution in [0.4, 0.5) is 13.2 Å². The molecule has 1 saturated carbocycles. The van der Waals surface area contributed by atoms with Crippen LogP contribution in [0.5, 0.6) is 5.88 Å². The van der Waals surface area contributed by atoms with Gasteiger partial charge in [-0.25, -0.2) is 14.5 Å². The number of hydrogen-bond acceptors (Lipinski definition) is 5. The first kappa shape index (κ1) is 19.5. The molecule has 0 bridgehead atoms. The lowest BCUT2D eigenvalue weighted by atomic mass is 10.2. The molecule has 1 aliphatic rings. The van der Waals surface area contributed by atoms with Crippen molar-refractivity contribution >= 4 is 17.6 Å². The van der Waals surface area contributed by atoms with Gasteiger partial charge in [0.15, 0.2) is 5.82 Å². The van der Waals surface area contributed by atoms with E-state index >= 15 is 0 Å². The van der Waals surface area contributed by atoms with Crippen molar-refractivity contribution in [3.8, 4) is 11.7 Å². The Morgan fingerprint density at radius 1 is 1.26 bits per heavy atom. The highest BCUT2D eigenvalue weighted by Gasteiger charge is 2.57. The van der Waals surface area contributed by atoms with E-state index in [0.29, 0.717) is 0 Å². The molecule has 0 saturated heterocycles. The molecule has 10 heteroatoms. The van der Waals surface area contributed by atoms with E-state index in [1.165, 1.54) is 29.1 Å². The third kappa shape index (κ3) is 4.71. The van der Waals surface area contributed by atoms with Crippen LogP contribution < -0.4 is 4.74 Å². The number of hydrogen-bond donors (Lipinski definition) is 0. The van der Waals surface area contributed by atoms with Crippen molar-refractivity contribution in [2.24, 2.45) is 5.92 Å². The molecule has 6 nitrogen and oxygen atoms in total. The first-order valence-corrected chi connectivity index (χ1v) is 8.51. The molecule has 1 fully saturated rings. The second-order valence-electron chi connectivity index (χ2n) is 7.15. The molecular formula is C17H17ClF3N3O3. The number of aromatic nitrogens is 3. The zero-order valence-electron chi connectivity index (χ0n) is 14.7. The molecule has 3 rings (SSSR count). The number of halogens is 4. The standard InChI is InChI=1S/C17H17ClF3N3O3/c1-16(2,3)27-15(25)9-4-5-12(22-14(9)18)24-7-6-13(23-24)26-11-8-10(11)17(19,20)21/h4-7,10-11H,8H2,1-3H3/t10-,11+/m0/s1. The molecule has 0 aromatic carbocycles. The maximum absolute atomic E-state index is 12.5. The zero-order valence-corrected chi connectivity index (χ0v) is 15.5. The highest BCUT2D eigenvalue weighted by Crippen LogP contribution is 2.46. The topological polar surface area (TPSA) is 66.2 Å². The molecule has 146 valence electrons. The summed E-state index contributed by atoms with van der Waals surface area (Å²) in [6.07, 6.45) is -3.78. The maximum atomic E-state index is 12.5. The van der Waals surface area contributed by atoms with Gasteiger partial charge in [-0.15, -0.1) is 5.10 Å². The van der Waals surface area contributed by atoms with Gasteiger partial charge in [0.2, 0.25) is 5.88 Å². The number of rotatable bonds is 4. The van der Waals surface area contributed by atoms with Crippen LogP contribution in [0.3, 0.4) is 0 Å². The predicted octanol–water partition coefficient (Wildman–Crippen LogP) is 4.21. The van der Waals surface area contributed by atoms with E-state index < -0.39 is 29.8 Å². The number of pyridine rings is 1. The van der Waals surface area contributed by atoms with Crippen LogP contribution in [-0.2, 0) is 4.74 Å². The van der Waals surface area contributed by atoms with E-state index in [1.807, 2.05) is 0 Å². The van der Waals surface area contributed by atoms with E-state index in [1.54, 1.807) is 20.8 Å². The number of nitrogens with zero attached hydrogens (tertiary/aromatic N) is 3. The van der Waals surface area contributed by atoms with E-state index in [-0.39, 0.29) is 28.8 Å². The summed E-state index contributed by atoms with van der Waals surface area (Å²) in [4.78, 5) is 16.2. The summed E-state index contributed by atoms with van der Waals surface area (Å²) in [5, 5.41) is 3.97. The molecule has 0 amide bonds. The van der Waals surface area contributed by atoms with E-state index in [2.05, 4.69) is 10.1 Å². The molecule has 1 aliphatic carbocycles. The van der Waals surface area contributed by atoms with Crippen LogP contribution in [0.15, 0.2) is 24.4 Å². The minimum absolute atomic E-state index is 0.0564. The Kier molecular flexibility index (Phi) is 4.83. The molecule has 0 spiro atoms. The lowest BCUT2D eigenvalue weighted by Crippen LogP contribution is -2.24. The molecule has 2 atom stereocenters.